The summed E-state index contributed by atoms with van der Waals surface area (Å²) in [6.07, 6.45) is 1.44. The predicted octanol–water partition coefficient (Wildman–Crippen LogP) is 3.63. The lowest BCUT2D eigenvalue weighted by molar-refractivity contribution is 0.0598. The molecule has 7 nitrogen and oxygen atoms in total. The van der Waals surface area contributed by atoms with Crippen LogP contribution in [0.3, 0.4) is 0 Å². The summed E-state index contributed by atoms with van der Waals surface area (Å²) in [5, 5.41) is 8.25. The number of benzene rings is 1. The number of hydrogen-bond donors (Lipinski definition) is 0. The van der Waals surface area contributed by atoms with Gasteiger partial charge in [0.2, 0.25) is 0 Å². The topological polar surface area (TPSA) is 87.6 Å². The van der Waals surface area contributed by atoms with E-state index in [-0.39, 0.29) is 6.61 Å². The van der Waals surface area contributed by atoms with E-state index in [0.29, 0.717) is 28.2 Å². The third-order valence-corrected chi connectivity index (χ3v) is 4.13. The summed E-state index contributed by atoms with van der Waals surface area (Å²) in [5.41, 5.74) is 1.55. The number of ether oxygens (including phenoxy) is 2. The van der Waals surface area contributed by atoms with Crippen molar-refractivity contribution in [2.45, 2.75) is 24.5 Å². The van der Waals surface area contributed by atoms with E-state index in [1.165, 1.54) is 25.1 Å². The zero-order valence-corrected chi connectivity index (χ0v) is 14.5. The fourth-order valence-electron chi connectivity index (χ4n) is 2.01. The summed E-state index contributed by atoms with van der Waals surface area (Å²) in [6, 6.07) is 9.26. The van der Waals surface area contributed by atoms with Gasteiger partial charge in [0.05, 0.1) is 19.1 Å². The molecule has 0 saturated carbocycles. The Morgan fingerprint density at radius 3 is 2.76 bits per heavy atom. The molecule has 2 aromatic heterocycles. The highest BCUT2D eigenvalue weighted by Crippen LogP contribution is 2.25. The third-order valence-electron chi connectivity index (χ3n) is 3.31. The van der Waals surface area contributed by atoms with Gasteiger partial charge >= 0.3 is 5.97 Å². The van der Waals surface area contributed by atoms with Crippen LogP contribution in [0.1, 0.15) is 27.6 Å². The van der Waals surface area contributed by atoms with Crippen LogP contribution in [0.2, 0.25) is 0 Å². The van der Waals surface area contributed by atoms with Crippen LogP contribution in [0.4, 0.5) is 0 Å². The number of methoxy groups -OCH3 is 1. The Morgan fingerprint density at radius 2 is 2.00 bits per heavy atom. The highest BCUT2D eigenvalue weighted by atomic mass is 32.2. The van der Waals surface area contributed by atoms with Crippen molar-refractivity contribution in [3.8, 4) is 5.75 Å². The highest BCUT2D eigenvalue weighted by molar-refractivity contribution is 7.98. The van der Waals surface area contributed by atoms with E-state index in [1.54, 1.807) is 6.07 Å². The second-order valence-electron chi connectivity index (χ2n) is 5.10. The molecular weight excluding hydrogens is 344 g/mol. The average molecular weight is 360 g/mol. The Labute approximate surface area is 148 Å². The number of carbonyl (C=O) groups excluding carboxylic acids is 1. The van der Waals surface area contributed by atoms with E-state index < -0.39 is 5.97 Å². The quantitative estimate of drug-likeness (QED) is 0.466. The van der Waals surface area contributed by atoms with Gasteiger partial charge in [-0.05, 0) is 25.1 Å². The SMILES string of the molecule is COC(=O)c1ccoc1CSc1nnc(COc2ccc(C)cc2)o1. The van der Waals surface area contributed by atoms with Crippen molar-refractivity contribution in [3.63, 3.8) is 0 Å². The number of aryl methyl sites for hydroxylation is 1. The van der Waals surface area contributed by atoms with Crippen LogP contribution in [-0.4, -0.2) is 23.3 Å². The Morgan fingerprint density at radius 1 is 1.20 bits per heavy atom. The highest BCUT2D eigenvalue weighted by Gasteiger charge is 2.16. The van der Waals surface area contributed by atoms with Crippen LogP contribution in [0.5, 0.6) is 5.75 Å². The number of esters is 1. The van der Waals surface area contributed by atoms with E-state index in [2.05, 4.69) is 10.2 Å². The van der Waals surface area contributed by atoms with Gasteiger partial charge in [0.25, 0.3) is 11.1 Å². The molecule has 0 amide bonds. The minimum absolute atomic E-state index is 0.185. The second-order valence-corrected chi connectivity index (χ2v) is 6.03. The molecule has 0 radical (unpaired) electrons. The molecule has 2 heterocycles. The third kappa shape index (κ3) is 4.42. The molecular formula is C17H16N2O5S. The first-order chi connectivity index (χ1) is 12.2. The normalized spacial score (nSPS) is 10.6. The van der Waals surface area contributed by atoms with Crippen molar-refractivity contribution in [2.75, 3.05) is 7.11 Å². The minimum atomic E-state index is -0.443. The van der Waals surface area contributed by atoms with Gasteiger partial charge in [0.1, 0.15) is 17.1 Å². The maximum atomic E-state index is 11.6. The van der Waals surface area contributed by atoms with Crippen LogP contribution in [0.25, 0.3) is 0 Å². The van der Waals surface area contributed by atoms with E-state index in [9.17, 15) is 4.79 Å². The summed E-state index contributed by atoms with van der Waals surface area (Å²) in [7, 11) is 1.32. The van der Waals surface area contributed by atoms with Gasteiger partial charge in [-0.2, -0.15) is 0 Å². The van der Waals surface area contributed by atoms with Crippen LogP contribution in [0.15, 0.2) is 50.7 Å². The summed E-state index contributed by atoms with van der Waals surface area (Å²) in [5.74, 6) is 1.53. The van der Waals surface area contributed by atoms with Crippen molar-refractivity contribution in [1.82, 2.24) is 10.2 Å². The van der Waals surface area contributed by atoms with Gasteiger partial charge in [-0.15, -0.1) is 10.2 Å². The lowest BCUT2D eigenvalue weighted by Gasteiger charge is -2.02. The molecule has 0 spiro atoms. The molecule has 0 fully saturated rings. The fraction of sp³-hybridized carbons (Fsp3) is 0.235. The maximum absolute atomic E-state index is 11.6. The van der Waals surface area contributed by atoms with Gasteiger partial charge in [0, 0.05) is 0 Å². The Kier molecular flexibility index (Phi) is 5.39. The number of furan rings is 1. The van der Waals surface area contributed by atoms with Crippen molar-refractivity contribution >= 4 is 17.7 Å². The molecule has 0 aliphatic heterocycles. The summed E-state index contributed by atoms with van der Waals surface area (Å²) in [6.45, 7) is 2.20. The molecule has 3 rings (SSSR count). The van der Waals surface area contributed by atoms with E-state index in [0.717, 1.165) is 11.3 Å². The first-order valence-electron chi connectivity index (χ1n) is 7.45. The zero-order chi connectivity index (χ0) is 17.6. The number of hydrogen-bond acceptors (Lipinski definition) is 8. The van der Waals surface area contributed by atoms with Gasteiger partial charge in [0.15, 0.2) is 6.61 Å². The van der Waals surface area contributed by atoms with Crippen molar-refractivity contribution in [3.05, 3.63) is 59.4 Å². The van der Waals surface area contributed by atoms with E-state index in [4.69, 9.17) is 18.3 Å². The summed E-state index contributed by atoms with van der Waals surface area (Å²) in [4.78, 5) is 11.6. The molecule has 130 valence electrons. The molecule has 1 aromatic carbocycles. The van der Waals surface area contributed by atoms with Crippen LogP contribution < -0.4 is 4.74 Å². The first-order valence-corrected chi connectivity index (χ1v) is 8.43. The molecule has 0 aliphatic carbocycles. The van der Waals surface area contributed by atoms with Crippen molar-refractivity contribution in [1.29, 1.82) is 0 Å². The standard InChI is InChI=1S/C17H16N2O5S/c1-11-3-5-12(6-4-11)23-9-15-18-19-17(24-15)25-10-14-13(7-8-22-14)16(20)21-2/h3-8H,9-10H2,1-2H3. The lowest BCUT2D eigenvalue weighted by atomic mass is 10.2. The molecule has 25 heavy (non-hydrogen) atoms. The monoisotopic (exact) mass is 360 g/mol. The van der Waals surface area contributed by atoms with Crippen LogP contribution >= 0.6 is 11.8 Å². The van der Waals surface area contributed by atoms with Gasteiger partial charge in [-0.1, -0.05) is 29.5 Å². The number of carbonyl (C=O) groups is 1. The number of thioether (sulfide) groups is 1. The molecule has 8 heteroatoms. The maximum Gasteiger partial charge on any atom is 0.341 e. The molecule has 0 atom stereocenters. The molecule has 3 aromatic rings. The molecule has 0 N–H and O–H groups in total. The number of rotatable bonds is 7. The van der Waals surface area contributed by atoms with Crippen molar-refractivity contribution in [2.24, 2.45) is 0 Å². The van der Waals surface area contributed by atoms with Gasteiger partial charge in [-0.3, -0.25) is 0 Å². The number of nitrogens with zero attached hydrogens (tertiary/aromatic N) is 2. The van der Waals surface area contributed by atoms with Gasteiger partial charge < -0.3 is 18.3 Å². The summed E-state index contributed by atoms with van der Waals surface area (Å²) < 4.78 is 21.1. The zero-order valence-electron chi connectivity index (χ0n) is 13.7. The van der Waals surface area contributed by atoms with Crippen molar-refractivity contribution < 1.29 is 23.1 Å². The Hall–Kier alpha value is -2.74. The lowest BCUT2D eigenvalue weighted by Crippen LogP contribution is -2.02. The largest absolute Gasteiger partial charge is 0.484 e. The summed E-state index contributed by atoms with van der Waals surface area (Å²) >= 11 is 1.27. The first kappa shape index (κ1) is 17.1. The Bertz CT molecular complexity index is 841. The van der Waals surface area contributed by atoms with Gasteiger partial charge in [-0.25, -0.2) is 4.79 Å². The second kappa shape index (κ2) is 7.89. The predicted molar refractivity (Wildman–Crippen MR) is 89.4 cm³/mol. The van der Waals surface area contributed by atoms with Crippen LogP contribution in [-0.2, 0) is 17.1 Å². The minimum Gasteiger partial charge on any atom is -0.484 e. The van der Waals surface area contributed by atoms with E-state index in [1.807, 2.05) is 31.2 Å². The molecule has 0 aliphatic rings. The molecule has 0 unspecified atom stereocenters. The number of aromatic nitrogens is 2. The Balaban J connectivity index is 1.54. The van der Waals surface area contributed by atoms with E-state index >= 15 is 0 Å². The van der Waals surface area contributed by atoms with Crippen LogP contribution in [0, 0.1) is 6.92 Å². The smallest absolute Gasteiger partial charge is 0.341 e. The molecule has 0 bridgehead atoms. The fourth-order valence-corrected chi connectivity index (χ4v) is 2.74. The average Bonchev–Trinajstić information content (AvgIpc) is 3.28. The molecule has 0 saturated heterocycles.